The quantitative estimate of drug-likeness (QED) is 0.0981. The number of carbonyl (C=O) groups excluding carboxylic acids is 3. The second-order valence-electron chi connectivity index (χ2n) is 10.1. The summed E-state index contributed by atoms with van der Waals surface area (Å²) in [6.45, 7) is 0.356. The van der Waals surface area contributed by atoms with Crippen molar-refractivity contribution in [1.82, 2.24) is 0 Å². The molecule has 0 rings (SSSR count). The first-order valence-corrected chi connectivity index (χ1v) is 12.5. The minimum absolute atomic E-state index is 0.140. The summed E-state index contributed by atoms with van der Waals surface area (Å²) in [6.07, 6.45) is 5.68. The summed E-state index contributed by atoms with van der Waals surface area (Å²) in [5.41, 5.74) is 0. The molecule has 0 spiro atoms. The summed E-state index contributed by atoms with van der Waals surface area (Å²) in [6, 6.07) is 0. The van der Waals surface area contributed by atoms with Crippen LogP contribution in [0.3, 0.4) is 0 Å². The molecule has 202 valence electrons. The molecule has 2 unspecified atom stereocenters. The first kappa shape index (κ1) is 32.5. The number of hydrogen-bond acceptors (Lipinski definition) is 7. The van der Waals surface area contributed by atoms with Crippen LogP contribution in [0.15, 0.2) is 0 Å². The van der Waals surface area contributed by atoms with Gasteiger partial charge in [0.2, 0.25) is 0 Å². The molecule has 2 atom stereocenters. The molecule has 2 N–H and O–H groups in total. The first-order valence-electron chi connectivity index (χ1n) is 12.5. The average molecular weight is 502 g/mol. The van der Waals surface area contributed by atoms with Crippen LogP contribution in [0.2, 0.25) is 0 Å². The molecule has 0 saturated carbocycles. The summed E-state index contributed by atoms with van der Waals surface area (Å²) in [5.74, 6) is -4.96. The van der Waals surface area contributed by atoms with E-state index in [4.69, 9.17) is 9.84 Å². The van der Waals surface area contributed by atoms with Gasteiger partial charge in [-0.25, -0.2) is 0 Å². The molecule has 0 aromatic carbocycles. The largest absolute Gasteiger partial charge is 0.550 e. The van der Waals surface area contributed by atoms with E-state index in [1.807, 2.05) is 21.1 Å². The fraction of sp³-hybridized carbons (Fsp3) is 0.800. The topological polar surface area (TPSA) is 158 Å². The number of likely N-dealkylation sites (N-methyl/N-ethyl adjacent to an activating group) is 1. The first-order chi connectivity index (χ1) is 16.3. The molecule has 10 nitrogen and oxygen atoms in total. The Morgan fingerprint density at radius 1 is 0.771 bits per heavy atom. The van der Waals surface area contributed by atoms with Crippen molar-refractivity contribution in [2.24, 2.45) is 5.92 Å². The maximum Gasteiger partial charge on any atom is 0.314 e. The molecule has 0 aromatic heterocycles. The van der Waals surface area contributed by atoms with E-state index in [2.05, 4.69) is 0 Å². The SMILES string of the molecule is C[N+](C)(C)CC(CC(=O)[O-])OC(=O)CCCCCCC(C(=O)O)C(=O)CCCCCCCC(=O)O. The lowest BCUT2D eigenvalue weighted by Crippen LogP contribution is -2.45. The van der Waals surface area contributed by atoms with Gasteiger partial charge in [-0.1, -0.05) is 38.5 Å². The molecule has 0 bridgehead atoms. The lowest BCUT2D eigenvalue weighted by atomic mass is 9.93. The normalized spacial score (nSPS) is 13.1. The van der Waals surface area contributed by atoms with Crippen LogP contribution in [-0.4, -0.2) is 78.1 Å². The van der Waals surface area contributed by atoms with E-state index in [0.717, 1.165) is 19.3 Å². The summed E-state index contributed by atoms with van der Waals surface area (Å²) < 4.78 is 5.75. The molecule has 0 aliphatic rings. The van der Waals surface area contributed by atoms with Crippen LogP contribution in [0.5, 0.6) is 0 Å². The second-order valence-corrected chi connectivity index (χ2v) is 10.1. The van der Waals surface area contributed by atoms with Crippen molar-refractivity contribution in [2.45, 2.75) is 96.0 Å². The Balaban J connectivity index is 4.14. The Morgan fingerprint density at radius 3 is 1.80 bits per heavy atom. The number of ketones is 1. The van der Waals surface area contributed by atoms with Gasteiger partial charge in [0, 0.05) is 31.7 Å². The van der Waals surface area contributed by atoms with Crippen LogP contribution in [0, 0.1) is 5.92 Å². The third kappa shape index (κ3) is 19.5. The number of rotatable bonds is 22. The van der Waals surface area contributed by atoms with Gasteiger partial charge in [0.1, 0.15) is 18.2 Å². The van der Waals surface area contributed by atoms with E-state index < -0.39 is 35.9 Å². The molecule has 35 heavy (non-hydrogen) atoms. The summed E-state index contributed by atoms with van der Waals surface area (Å²) in [7, 11) is 5.61. The van der Waals surface area contributed by atoms with Crippen LogP contribution in [0.4, 0.5) is 0 Å². The van der Waals surface area contributed by atoms with Gasteiger partial charge >= 0.3 is 17.9 Å². The predicted octanol–water partition coefficient (Wildman–Crippen LogP) is 2.17. The van der Waals surface area contributed by atoms with Crippen LogP contribution in [0.1, 0.15) is 89.9 Å². The van der Waals surface area contributed by atoms with Crippen LogP contribution >= 0.6 is 0 Å². The molecule has 0 heterocycles. The number of hydrogen-bond donors (Lipinski definition) is 2. The number of Topliss-reactive ketones (excluding diaryl/α,β-unsaturated/α-hetero) is 1. The van der Waals surface area contributed by atoms with Crippen molar-refractivity contribution in [1.29, 1.82) is 0 Å². The molecular formula is C25H43NO9. The van der Waals surface area contributed by atoms with Gasteiger partial charge in [0.15, 0.2) is 6.10 Å². The summed E-state index contributed by atoms with van der Waals surface area (Å²) in [4.78, 5) is 57.2. The van der Waals surface area contributed by atoms with Crippen molar-refractivity contribution in [3.63, 3.8) is 0 Å². The maximum atomic E-state index is 12.3. The molecule has 0 amide bonds. The zero-order valence-corrected chi connectivity index (χ0v) is 21.5. The lowest BCUT2D eigenvalue weighted by Gasteiger charge is -2.29. The van der Waals surface area contributed by atoms with Crippen LogP contribution in [0.25, 0.3) is 0 Å². The van der Waals surface area contributed by atoms with Gasteiger partial charge < -0.3 is 29.3 Å². The van der Waals surface area contributed by atoms with Gasteiger partial charge in [-0.05, 0) is 25.7 Å². The number of esters is 1. The predicted molar refractivity (Wildman–Crippen MR) is 126 cm³/mol. The van der Waals surface area contributed by atoms with E-state index in [1.54, 1.807) is 0 Å². The van der Waals surface area contributed by atoms with E-state index in [9.17, 15) is 34.2 Å². The number of carbonyl (C=O) groups is 5. The molecule has 0 aromatic rings. The third-order valence-electron chi connectivity index (χ3n) is 5.57. The molecule has 0 aliphatic heterocycles. The Morgan fingerprint density at radius 2 is 1.29 bits per heavy atom. The zero-order chi connectivity index (χ0) is 26.9. The molecule has 0 aliphatic carbocycles. The van der Waals surface area contributed by atoms with Crippen molar-refractivity contribution in [2.75, 3.05) is 27.7 Å². The minimum atomic E-state index is -1.27. The second kappa shape index (κ2) is 17.9. The highest BCUT2D eigenvalue weighted by atomic mass is 16.5. The van der Waals surface area contributed by atoms with E-state index >= 15 is 0 Å². The molecular weight excluding hydrogens is 458 g/mol. The standard InChI is InChI=1S/C25H43NO9/c1-26(2,3)18-19(17-23(30)31)35-24(32)16-12-8-7-9-13-20(25(33)34)21(27)14-10-5-4-6-11-15-22(28)29/h19-20H,4-18H2,1-3H3,(H2-,28,29,30,31,33,34). The van der Waals surface area contributed by atoms with Crippen molar-refractivity contribution in [3.05, 3.63) is 0 Å². The van der Waals surface area contributed by atoms with Gasteiger partial charge in [-0.3, -0.25) is 19.2 Å². The maximum absolute atomic E-state index is 12.3. The number of quaternary nitrogens is 1. The highest BCUT2D eigenvalue weighted by molar-refractivity contribution is 5.98. The molecule has 0 saturated heterocycles. The number of aliphatic carboxylic acids is 3. The van der Waals surface area contributed by atoms with Crippen molar-refractivity contribution in [3.8, 4) is 0 Å². The fourth-order valence-corrected chi connectivity index (χ4v) is 3.86. The fourth-order valence-electron chi connectivity index (χ4n) is 3.86. The molecule has 0 radical (unpaired) electrons. The Bertz CT molecular complexity index is 685. The molecule has 10 heteroatoms. The highest BCUT2D eigenvalue weighted by Gasteiger charge is 2.25. The van der Waals surface area contributed by atoms with E-state index in [1.165, 1.54) is 0 Å². The van der Waals surface area contributed by atoms with Crippen LogP contribution < -0.4 is 5.11 Å². The molecule has 0 fully saturated rings. The third-order valence-corrected chi connectivity index (χ3v) is 5.57. The minimum Gasteiger partial charge on any atom is -0.550 e. The number of carboxylic acid groups (broad SMARTS) is 3. The van der Waals surface area contributed by atoms with Crippen molar-refractivity contribution < 1.29 is 48.5 Å². The lowest BCUT2D eigenvalue weighted by molar-refractivity contribution is -0.873. The number of carboxylic acids is 3. The monoisotopic (exact) mass is 501 g/mol. The highest BCUT2D eigenvalue weighted by Crippen LogP contribution is 2.17. The van der Waals surface area contributed by atoms with Gasteiger partial charge in [0.25, 0.3) is 0 Å². The Kier molecular flexibility index (Phi) is 16.6. The smallest absolute Gasteiger partial charge is 0.314 e. The Labute approximate surface area is 208 Å². The van der Waals surface area contributed by atoms with Gasteiger partial charge in [0.05, 0.1) is 21.1 Å². The van der Waals surface area contributed by atoms with E-state index in [-0.39, 0.29) is 37.9 Å². The summed E-state index contributed by atoms with van der Waals surface area (Å²) >= 11 is 0. The zero-order valence-electron chi connectivity index (χ0n) is 21.5. The van der Waals surface area contributed by atoms with Gasteiger partial charge in [-0.15, -0.1) is 0 Å². The number of nitrogens with zero attached hydrogens (tertiary/aromatic N) is 1. The Hall–Kier alpha value is -2.49. The summed E-state index contributed by atoms with van der Waals surface area (Å²) in [5, 5.41) is 28.9. The van der Waals surface area contributed by atoms with E-state index in [0.29, 0.717) is 49.6 Å². The van der Waals surface area contributed by atoms with Crippen molar-refractivity contribution >= 4 is 29.7 Å². The van der Waals surface area contributed by atoms with Crippen LogP contribution in [-0.2, 0) is 28.7 Å². The number of ether oxygens (including phenoxy) is 1. The van der Waals surface area contributed by atoms with Gasteiger partial charge in [-0.2, -0.15) is 0 Å². The average Bonchev–Trinajstić information content (AvgIpc) is 2.69. The number of unbranched alkanes of at least 4 members (excludes halogenated alkanes) is 7.